The Morgan fingerprint density at radius 2 is 2.00 bits per heavy atom. The second kappa shape index (κ2) is 5.78. The van der Waals surface area contributed by atoms with E-state index >= 15 is 0 Å². The zero-order chi connectivity index (χ0) is 13.0. The number of nitrogens with zero attached hydrogens (tertiary/aromatic N) is 3. The van der Waals surface area contributed by atoms with Crippen molar-refractivity contribution in [3.8, 4) is 0 Å². The van der Waals surface area contributed by atoms with E-state index in [1.807, 2.05) is 13.1 Å². The molecule has 1 unspecified atom stereocenters. The van der Waals surface area contributed by atoms with Gasteiger partial charge in [0.25, 0.3) is 0 Å². The molecule has 2 aromatic rings. The highest BCUT2D eigenvalue weighted by Gasteiger charge is 2.14. The van der Waals surface area contributed by atoms with Gasteiger partial charge in [0, 0.05) is 30.8 Å². The number of hydrogen-bond acceptors (Lipinski definition) is 3. The van der Waals surface area contributed by atoms with Crippen LogP contribution in [0.15, 0.2) is 36.9 Å². The maximum absolute atomic E-state index is 4.24. The molecule has 4 nitrogen and oxygen atoms in total. The van der Waals surface area contributed by atoms with E-state index in [1.165, 1.54) is 5.56 Å². The summed E-state index contributed by atoms with van der Waals surface area (Å²) in [5.74, 6) is 1.41. The first-order valence-corrected chi connectivity index (χ1v) is 6.29. The lowest BCUT2D eigenvalue weighted by molar-refractivity contribution is 0.442. The predicted molar refractivity (Wildman–Crippen MR) is 72.2 cm³/mol. The van der Waals surface area contributed by atoms with Crippen LogP contribution in [0.5, 0.6) is 0 Å². The molecule has 0 aliphatic heterocycles. The van der Waals surface area contributed by atoms with Crippen LogP contribution in [-0.4, -0.2) is 21.6 Å². The lowest BCUT2D eigenvalue weighted by Gasteiger charge is -2.18. The fraction of sp³-hybridized carbons (Fsp3) is 0.429. The largest absolute Gasteiger partial charge is 0.346 e. The minimum absolute atomic E-state index is 0.392. The smallest absolute Gasteiger partial charge is 0.147 e. The molecular weight excluding hydrogens is 224 g/mol. The van der Waals surface area contributed by atoms with E-state index in [9.17, 15) is 0 Å². The van der Waals surface area contributed by atoms with Crippen molar-refractivity contribution in [1.29, 1.82) is 0 Å². The molecule has 0 amide bonds. The predicted octanol–water partition coefficient (Wildman–Crippen LogP) is 2.24. The number of aromatic nitrogens is 3. The molecule has 2 rings (SSSR count). The van der Waals surface area contributed by atoms with Crippen LogP contribution < -0.4 is 5.32 Å². The minimum Gasteiger partial charge on any atom is -0.346 e. The number of nitrogens with one attached hydrogen (secondary N) is 1. The lowest BCUT2D eigenvalue weighted by Crippen LogP contribution is -2.21. The zero-order valence-corrected chi connectivity index (χ0v) is 11.2. The van der Waals surface area contributed by atoms with Crippen LogP contribution in [0.2, 0.25) is 0 Å². The first-order valence-electron chi connectivity index (χ1n) is 6.29. The van der Waals surface area contributed by atoms with Gasteiger partial charge in [-0.05, 0) is 30.7 Å². The number of hydrogen-bond donors (Lipinski definition) is 1. The van der Waals surface area contributed by atoms with E-state index in [-0.39, 0.29) is 0 Å². The lowest BCUT2D eigenvalue weighted by atomic mass is 9.99. The molecule has 0 radical (unpaired) electrons. The second-order valence-corrected chi connectivity index (χ2v) is 4.79. The van der Waals surface area contributed by atoms with Crippen LogP contribution in [0.25, 0.3) is 0 Å². The summed E-state index contributed by atoms with van der Waals surface area (Å²) < 4.78 is 2.12. The molecular formula is C14H20N4. The Morgan fingerprint density at radius 1 is 1.28 bits per heavy atom. The van der Waals surface area contributed by atoms with E-state index in [2.05, 4.69) is 52.2 Å². The monoisotopic (exact) mass is 244 g/mol. The summed E-state index contributed by atoms with van der Waals surface area (Å²) in [6, 6.07) is 4.38. The van der Waals surface area contributed by atoms with Crippen molar-refractivity contribution < 1.29 is 0 Å². The second-order valence-electron chi connectivity index (χ2n) is 4.79. The average molecular weight is 244 g/mol. The van der Waals surface area contributed by atoms with Crippen molar-refractivity contribution in [3.63, 3.8) is 0 Å². The van der Waals surface area contributed by atoms with Crippen molar-refractivity contribution in [2.75, 3.05) is 7.05 Å². The quantitative estimate of drug-likeness (QED) is 0.877. The third kappa shape index (κ3) is 2.96. The van der Waals surface area contributed by atoms with E-state index < -0.39 is 0 Å². The Labute approximate surface area is 108 Å². The highest BCUT2D eigenvalue weighted by atomic mass is 15.0. The zero-order valence-electron chi connectivity index (χ0n) is 11.2. The van der Waals surface area contributed by atoms with Crippen molar-refractivity contribution in [1.82, 2.24) is 19.9 Å². The van der Waals surface area contributed by atoms with Gasteiger partial charge in [0.1, 0.15) is 5.82 Å². The standard InChI is InChI=1S/C14H20N4/c1-11(2)14(15-3)12-5-8-18(9-12)10-13-16-6-4-7-17-13/h4-9,11,14-15H,10H2,1-3H3. The van der Waals surface area contributed by atoms with Crippen molar-refractivity contribution in [2.24, 2.45) is 5.92 Å². The SMILES string of the molecule is CNC(c1ccn(Cc2ncccn2)c1)C(C)C. The van der Waals surface area contributed by atoms with E-state index in [4.69, 9.17) is 0 Å². The van der Waals surface area contributed by atoms with Gasteiger partial charge in [-0.15, -0.1) is 0 Å². The summed E-state index contributed by atoms with van der Waals surface area (Å²) >= 11 is 0. The van der Waals surface area contributed by atoms with Gasteiger partial charge < -0.3 is 9.88 Å². The van der Waals surface area contributed by atoms with Crippen molar-refractivity contribution >= 4 is 0 Å². The Hall–Kier alpha value is -1.68. The molecule has 0 aliphatic rings. The fourth-order valence-electron chi connectivity index (χ4n) is 2.20. The Morgan fingerprint density at radius 3 is 2.61 bits per heavy atom. The molecule has 18 heavy (non-hydrogen) atoms. The van der Waals surface area contributed by atoms with Gasteiger partial charge >= 0.3 is 0 Å². The van der Waals surface area contributed by atoms with Gasteiger partial charge in [0.15, 0.2) is 0 Å². The molecule has 0 bridgehead atoms. The van der Waals surface area contributed by atoms with Crippen LogP contribution >= 0.6 is 0 Å². The molecule has 0 aromatic carbocycles. The van der Waals surface area contributed by atoms with Crippen molar-refractivity contribution in [3.05, 3.63) is 48.3 Å². The highest BCUT2D eigenvalue weighted by Crippen LogP contribution is 2.21. The van der Waals surface area contributed by atoms with Gasteiger partial charge in [-0.25, -0.2) is 9.97 Å². The average Bonchev–Trinajstić information content (AvgIpc) is 2.79. The van der Waals surface area contributed by atoms with Crippen LogP contribution in [0, 0.1) is 5.92 Å². The molecule has 1 N–H and O–H groups in total. The van der Waals surface area contributed by atoms with Gasteiger partial charge in [-0.2, -0.15) is 0 Å². The molecule has 4 heteroatoms. The van der Waals surface area contributed by atoms with Crippen LogP contribution in [0.4, 0.5) is 0 Å². The molecule has 2 heterocycles. The summed E-state index contributed by atoms with van der Waals surface area (Å²) in [6.45, 7) is 5.16. The molecule has 0 spiro atoms. The van der Waals surface area contributed by atoms with E-state index in [0.717, 1.165) is 12.4 Å². The third-order valence-corrected chi connectivity index (χ3v) is 3.05. The van der Waals surface area contributed by atoms with Crippen LogP contribution in [0.3, 0.4) is 0 Å². The first-order chi connectivity index (χ1) is 8.70. The first kappa shape index (κ1) is 12.8. The van der Waals surface area contributed by atoms with Gasteiger partial charge in [0.2, 0.25) is 0 Å². The summed E-state index contributed by atoms with van der Waals surface area (Å²) in [6.07, 6.45) is 7.80. The van der Waals surface area contributed by atoms with Gasteiger partial charge in [-0.3, -0.25) is 0 Å². The normalized spacial score (nSPS) is 12.9. The molecule has 0 aliphatic carbocycles. The summed E-state index contributed by atoms with van der Waals surface area (Å²) in [5.41, 5.74) is 1.31. The Bertz CT molecular complexity index is 476. The van der Waals surface area contributed by atoms with Crippen LogP contribution in [0.1, 0.15) is 31.3 Å². The Kier molecular flexibility index (Phi) is 4.10. The third-order valence-electron chi connectivity index (χ3n) is 3.05. The molecule has 96 valence electrons. The minimum atomic E-state index is 0.392. The molecule has 0 fully saturated rings. The fourth-order valence-corrected chi connectivity index (χ4v) is 2.20. The van der Waals surface area contributed by atoms with E-state index in [0.29, 0.717) is 12.0 Å². The molecule has 1 atom stereocenters. The molecule has 0 saturated heterocycles. The molecule has 0 saturated carbocycles. The van der Waals surface area contributed by atoms with Crippen molar-refractivity contribution in [2.45, 2.75) is 26.4 Å². The summed E-state index contributed by atoms with van der Waals surface area (Å²) in [4.78, 5) is 8.47. The maximum atomic E-state index is 4.24. The number of rotatable bonds is 5. The van der Waals surface area contributed by atoms with Crippen LogP contribution in [-0.2, 0) is 6.54 Å². The topological polar surface area (TPSA) is 42.7 Å². The van der Waals surface area contributed by atoms with Gasteiger partial charge in [0.05, 0.1) is 6.54 Å². The highest BCUT2D eigenvalue weighted by molar-refractivity contribution is 5.16. The summed E-state index contributed by atoms with van der Waals surface area (Å²) in [5, 5.41) is 3.35. The molecule has 2 aromatic heterocycles. The summed E-state index contributed by atoms with van der Waals surface area (Å²) in [7, 11) is 2.00. The maximum Gasteiger partial charge on any atom is 0.147 e. The van der Waals surface area contributed by atoms with E-state index in [1.54, 1.807) is 12.4 Å². The van der Waals surface area contributed by atoms with Gasteiger partial charge in [-0.1, -0.05) is 13.8 Å². The Balaban J connectivity index is 2.11.